The number of primary amides is 1. The maximum absolute atomic E-state index is 12.9. The van der Waals surface area contributed by atoms with Crippen LogP contribution >= 0.6 is 0 Å². The number of pyridine rings is 2. The van der Waals surface area contributed by atoms with Crippen LogP contribution in [0.25, 0.3) is 22.9 Å². The Kier molecular flexibility index (Phi) is 4.83. The lowest BCUT2D eigenvalue weighted by atomic mass is 10.3. The summed E-state index contributed by atoms with van der Waals surface area (Å²) < 4.78 is 3.31. The molecule has 0 unspecified atom stereocenters. The Labute approximate surface area is 187 Å². The van der Waals surface area contributed by atoms with Gasteiger partial charge in [-0.15, -0.1) is 0 Å². The van der Waals surface area contributed by atoms with Gasteiger partial charge in [0.25, 0.3) is 11.8 Å². The van der Waals surface area contributed by atoms with Crippen molar-refractivity contribution < 1.29 is 9.59 Å². The van der Waals surface area contributed by atoms with E-state index in [2.05, 4.69) is 30.2 Å². The van der Waals surface area contributed by atoms with Gasteiger partial charge in [0.15, 0.2) is 5.82 Å². The summed E-state index contributed by atoms with van der Waals surface area (Å²) in [6.45, 7) is 1.87. The van der Waals surface area contributed by atoms with E-state index in [-0.39, 0.29) is 11.4 Å². The van der Waals surface area contributed by atoms with Crippen LogP contribution in [0.5, 0.6) is 0 Å². The predicted molar refractivity (Wildman–Crippen MR) is 119 cm³/mol. The third-order valence-electron chi connectivity index (χ3n) is 4.90. The van der Waals surface area contributed by atoms with Crippen molar-refractivity contribution in [2.24, 2.45) is 5.73 Å². The van der Waals surface area contributed by atoms with Crippen LogP contribution < -0.4 is 11.1 Å². The van der Waals surface area contributed by atoms with Crippen molar-refractivity contribution in [1.82, 2.24) is 33.9 Å². The first-order chi connectivity index (χ1) is 16.0. The van der Waals surface area contributed by atoms with Crippen LogP contribution in [0.3, 0.4) is 0 Å². The number of rotatable bonds is 5. The number of aromatic nitrogens is 7. The van der Waals surface area contributed by atoms with Gasteiger partial charge in [-0.3, -0.25) is 18.6 Å². The van der Waals surface area contributed by atoms with Crippen molar-refractivity contribution in [2.45, 2.75) is 6.92 Å². The lowest BCUT2D eigenvalue weighted by Crippen LogP contribution is -2.14. The zero-order valence-corrected chi connectivity index (χ0v) is 17.4. The zero-order valence-electron chi connectivity index (χ0n) is 17.4. The third-order valence-corrected chi connectivity index (χ3v) is 4.90. The minimum atomic E-state index is -0.601. The Morgan fingerprint density at radius 1 is 1.03 bits per heavy atom. The van der Waals surface area contributed by atoms with Crippen molar-refractivity contribution in [3.63, 3.8) is 0 Å². The molecule has 0 fully saturated rings. The number of carbonyl (C=O) groups excluding carboxylic acids is 2. The van der Waals surface area contributed by atoms with Crippen molar-refractivity contribution >= 4 is 23.3 Å². The van der Waals surface area contributed by atoms with Gasteiger partial charge in [-0.05, 0) is 37.3 Å². The molecule has 2 amide bonds. The van der Waals surface area contributed by atoms with Crippen molar-refractivity contribution in [1.29, 1.82) is 0 Å². The minimum Gasteiger partial charge on any atom is -0.364 e. The maximum atomic E-state index is 12.9. The Morgan fingerprint density at radius 2 is 1.91 bits per heavy atom. The molecule has 162 valence electrons. The van der Waals surface area contributed by atoms with Gasteiger partial charge in [0.05, 0.1) is 11.9 Å². The quantitative estimate of drug-likeness (QED) is 0.426. The Morgan fingerprint density at radius 3 is 2.67 bits per heavy atom. The van der Waals surface area contributed by atoms with Crippen LogP contribution in [0.2, 0.25) is 0 Å². The molecule has 0 bridgehead atoms. The van der Waals surface area contributed by atoms with Crippen molar-refractivity contribution in [3.05, 3.63) is 84.6 Å². The molecular weight excluding hydrogens is 422 g/mol. The average Bonchev–Trinajstić information content (AvgIpc) is 3.44. The van der Waals surface area contributed by atoms with Gasteiger partial charge in [-0.2, -0.15) is 0 Å². The molecule has 0 atom stereocenters. The first kappa shape index (κ1) is 20.0. The molecule has 11 nitrogen and oxygen atoms in total. The number of anilines is 1. The summed E-state index contributed by atoms with van der Waals surface area (Å²) in [4.78, 5) is 45.8. The molecule has 0 aliphatic carbocycles. The number of carbonyl (C=O) groups is 2. The monoisotopic (exact) mass is 439 g/mol. The second-order valence-electron chi connectivity index (χ2n) is 7.16. The molecule has 0 radical (unpaired) electrons. The second-order valence-corrected chi connectivity index (χ2v) is 7.16. The van der Waals surface area contributed by atoms with Crippen LogP contribution in [0, 0.1) is 6.92 Å². The van der Waals surface area contributed by atoms with Gasteiger partial charge in [-0.25, -0.2) is 24.9 Å². The van der Waals surface area contributed by atoms with Crippen LogP contribution in [-0.2, 0) is 0 Å². The van der Waals surface area contributed by atoms with E-state index in [1.165, 1.54) is 18.7 Å². The first-order valence-electron chi connectivity index (χ1n) is 9.87. The van der Waals surface area contributed by atoms with E-state index < -0.39 is 11.8 Å². The lowest BCUT2D eigenvalue weighted by molar-refractivity contribution is 0.0992. The average molecular weight is 439 g/mol. The third kappa shape index (κ3) is 3.78. The summed E-state index contributed by atoms with van der Waals surface area (Å²) in [5.41, 5.74) is 8.45. The number of hydrogen-bond donors (Lipinski definition) is 2. The van der Waals surface area contributed by atoms with E-state index in [0.29, 0.717) is 28.7 Å². The largest absolute Gasteiger partial charge is 0.364 e. The number of aryl methyl sites for hydroxylation is 1. The first-order valence-corrected chi connectivity index (χ1v) is 9.87. The normalized spacial score (nSPS) is 10.9. The molecule has 0 aliphatic heterocycles. The highest BCUT2D eigenvalue weighted by molar-refractivity contribution is 6.02. The van der Waals surface area contributed by atoms with Crippen molar-refractivity contribution in [3.8, 4) is 17.2 Å². The van der Waals surface area contributed by atoms with E-state index in [4.69, 9.17) is 5.73 Å². The molecule has 5 rings (SSSR count). The highest BCUT2D eigenvalue weighted by Crippen LogP contribution is 2.23. The molecule has 0 saturated carbocycles. The maximum Gasteiger partial charge on any atom is 0.277 e. The topological polar surface area (TPSA) is 146 Å². The van der Waals surface area contributed by atoms with Crippen molar-refractivity contribution in [2.75, 3.05) is 5.32 Å². The Hall–Kier alpha value is -4.93. The summed E-state index contributed by atoms with van der Waals surface area (Å²) in [5, 5.41) is 2.70. The summed E-state index contributed by atoms with van der Waals surface area (Å²) in [6, 6.07) is 10.7. The zero-order chi connectivity index (χ0) is 22.9. The van der Waals surface area contributed by atoms with Gasteiger partial charge in [0.1, 0.15) is 34.9 Å². The molecule has 5 heterocycles. The molecular formula is C22H17N9O2. The molecule has 5 aromatic heterocycles. The Balaban J connectivity index is 1.64. The Bertz CT molecular complexity index is 1510. The van der Waals surface area contributed by atoms with Gasteiger partial charge >= 0.3 is 0 Å². The smallest absolute Gasteiger partial charge is 0.277 e. The molecule has 0 aromatic carbocycles. The molecule has 0 saturated heterocycles. The van der Waals surface area contributed by atoms with E-state index in [1.807, 2.05) is 25.1 Å². The summed E-state index contributed by atoms with van der Waals surface area (Å²) in [5.74, 6) is -0.240. The fourth-order valence-electron chi connectivity index (χ4n) is 3.37. The van der Waals surface area contributed by atoms with Crippen LogP contribution in [0.15, 0.2) is 67.5 Å². The molecule has 11 heteroatoms. The van der Waals surface area contributed by atoms with Crippen LogP contribution in [-0.4, -0.2) is 45.7 Å². The number of hydrogen-bond acceptors (Lipinski definition) is 7. The highest BCUT2D eigenvalue weighted by Gasteiger charge is 2.19. The van der Waals surface area contributed by atoms with E-state index in [9.17, 15) is 9.59 Å². The van der Waals surface area contributed by atoms with Crippen LogP contribution in [0.4, 0.5) is 5.82 Å². The molecule has 0 aliphatic rings. The SMILES string of the molecule is Cc1cccc(-c2nc(C(=O)Nc3ccncn3)cn2-c2ccc3ncc(C(N)=O)n3c2)n1. The van der Waals surface area contributed by atoms with E-state index in [1.54, 1.807) is 39.6 Å². The van der Waals surface area contributed by atoms with Gasteiger partial charge in [0.2, 0.25) is 0 Å². The number of imidazole rings is 2. The highest BCUT2D eigenvalue weighted by atomic mass is 16.2. The minimum absolute atomic E-state index is 0.160. The summed E-state index contributed by atoms with van der Waals surface area (Å²) in [6.07, 6.45) is 7.58. The molecule has 5 aromatic rings. The molecule has 33 heavy (non-hydrogen) atoms. The van der Waals surface area contributed by atoms with Crippen LogP contribution in [0.1, 0.15) is 26.7 Å². The second kappa shape index (κ2) is 7.96. The fourth-order valence-corrected chi connectivity index (χ4v) is 3.37. The number of fused-ring (bicyclic) bond motifs is 1. The van der Waals surface area contributed by atoms with E-state index >= 15 is 0 Å². The predicted octanol–water partition coefficient (Wildman–Crippen LogP) is 2.03. The summed E-state index contributed by atoms with van der Waals surface area (Å²) >= 11 is 0. The number of nitrogens with two attached hydrogens (primary N) is 1. The summed E-state index contributed by atoms with van der Waals surface area (Å²) in [7, 11) is 0. The number of nitrogens with zero attached hydrogens (tertiary/aromatic N) is 7. The molecule has 0 spiro atoms. The lowest BCUT2D eigenvalue weighted by Gasteiger charge is -2.09. The fraction of sp³-hybridized carbons (Fsp3) is 0.0455. The van der Waals surface area contributed by atoms with Gasteiger partial charge < -0.3 is 11.1 Å². The number of amides is 2. The van der Waals surface area contributed by atoms with Gasteiger partial charge in [-0.1, -0.05) is 6.07 Å². The number of nitrogens with one attached hydrogen (secondary N) is 1. The standard InChI is InChI=1S/C22H17N9O2/c1-13-3-2-4-15(27-13)21-28-16(22(33)29-18-7-8-24-12-26-18)11-30(21)14-5-6-19-25-9-17(20(23)32)31(19)10-14/h2-12H,1H3,(H2,23,32)(H,24,26,29,33). The van der Waals surface area contributed by atoms with Gasteiger partial charge in [0, 0.05) is 24.3 Å². The molecule has 3 N–H and O–H groups in total. The van der Waals surface area contributed by atoms with E-state index in [0.717, 1.165) is 5.69 Å².